The number of carbonyl (C=O) groups excluding carboxylic acids is 2. The third kappa shape index (κ3) is 7.07. The standard InChI is InChI=1S/C33H40N2O4/c1-23(2)28(31(36)38-22-25-17-11-8-12-18-25)34(6)27-20-14-13-19-26(27)29-30(32(37)39-33(3,4)5)35(29)21-24-15-9-7-10-16-24/h7-20,23,28-30H,21-22H2,1-6H3/t28-,29-,30-,35?/m0/s1. The van der Waals surface area contributed by atoms with Crippen molar-refractivity contribution in [1.82, 2.24) is 4.90 Å². The van der Waals surface area contributed by atoms with Crippen LogP contribution in [-0.4, -0.2) is 41.6 Å². The van der Waals surface area contributed by atoms with Crippen LogP contribution in [0.2, 0.25) is 0 Å². The minimum Gasteiger partial charge on any atom is -0.459 e. The van der Waals surface area contributed by atoms with Gasteiger partial charge in [-0.3, -0.25) is 9.69 Å². The van der Waals surface area contributed by atoms with Crippen LogP contribution in [0.4, 0.5) is 5.69 Å². The molecule has 0 radical (unpaired) electrons. The fourth-order valence-corrected chi connectivity index (χ4v) is 5.14. The Hall–Kier alpha value is -3.64. The molecule has 1 unspecified atom stereocenters. The third-order valence-corrected chi connectivity index (χ3v) is 6.93. The number of esters is 2. The van der Waals surface area contributed by atoms with Gasteiger partial charge in [-0.1, -0.05) is 92.7 Å². The van der Waals surface area contributed by atoms with Crippen LogP contribution in [0.15, 0.2) is 84.9 Å². The highest BCUT2D eigenvalue weighted by Crippen LogP contribution is 2.48. The maximum absolute atomic E-state index is 13.4. The molecule has 206 valence electrons. The summed E-state index contributed by atoms with van der Waals surface area (Å²) in [7, 11) is 1.93. The molecule has 0 aromatic heterocycles. The average molecular weight is 529 g/mol. The van der Waals surface area contributed by atoms with Gasteiger partial charge in [0.1, 0.15) is 24.3 Å². The number of para-hydroxylation sites is 1. The van der Waals surface area contributed by atoms with E-state index in [4.69, 9.17) is 9.47 Å². The molecule has 6 nitrogen and oxygen atoms in total. The van der Waals surface area contributed by atoms with E-state index in [0.29, 0.717) is 6.54 Å². The fraction of sp³-hybridized carbons (Fsp3) is 0.394. The van der Waals surface area contributed by atoms with E-state index in [1.807, 2.05) is 119 Å². The first-order valence-electron chi connectivity index (χ1n) is 13.6. The number of carbonyl (C=O) groups is 2. The molecule has 1 aliphatic rings. The molecule has 1 aliphatic heterocycles. The maximum Gasteiger partial charge on any atom is 0.329 e. The zero-order chi connectivity index (χ0) is 28.2. The molecule has 1 fully saturated rings. The zero-order valence-corrected chi connectivity index (χ0v) is 23.8. The highest BCUT2D eigenvalue weighted by atomic mass is 16.6. The van der Waals surface area contributed by atoms with Crippen molar-refractivity contribution >= 4 is 17.6 Å². The van der Waals surface area contributed by atoms with Gasteiger partial charge < -0.3 is 14.4 Å². The van der Waals surface area contributed by atoms with Gasteiger partial charge in [0, 0.05) is 19.3 Å². The molecule has 1 saturated heterocycles. The molecule has 0 N–H and O–H groups in total. The van der Waals surface area contributed by atoms with Crippen LogP contribution in [0, 0.1) is 5.92 Å². The molecule has 3 aromatic rings. The molecule has 0 bridgehead atoms. The van der Waals surface area contributed by atoms with E-state index >= 15 is 0 Å². The van der Waals surface area contributed by atoms with Gasteiger partial charge in [-0.2, -0.15) is 0 Å². The normalized spacial score (nSPS) is 19.3. The summed E-state index contributed by atoms with van der Waals surface area (Å²) >= 11 is 0. The number of ether oxygens (including phenoxy) is 2. The molecule has 39 heavy (non-hydrogen) atoms. The molecule has 0 aliphatic carbocycles. The van der Waals surface area contributed by atoms with Gasteiger partial charge in [-0.25, -0.2) is 4.79 Å². The van der Waals surface area contributed by atoms with Crippen LogP contribution in [0.3, 0.4) is 0 Å². The lowest BCUT2D eigenvalue weighted by molar-refractivity contribution is -0.155. The van der Waals surface area contributed by atoms with E-state index in [2.05, 4.69) is 17.0 Å². The summed E-state index contributed by atoms with van der Waals surface area (Å²) in [5.41, 5.74) is 3.40. The Kier molecular flexibility index (Phi) is 8.76. The number of rotatable bonds is 10. The van der Waals surface area contributed by atoms with Crippen LogP contribution < -0.4 is 4.90 Å². The van der Waals surface area contributed by atoms with Gasteiger partial charge in [0.15, 0.2) is 0 Å². The van der Waals surface area contributed by atoms with Crippen molar-refractivity contribution in [3.63, 3.8) is 0 Å². The lowest BCUT2D eigenvalue weighted by atomic mass is 9.99. The van der Waals surface area contributed by atoms with Gasteiger partial charge in [-0.15, -0.1) is 0 Å². The smallest absolute Gasteiger partial charge is 0.329 e. The summed E-state index contributed by atoms with van der Waals surface area (Å²) in [5.74, 6) is -0.497. The molecular weight excluding hydrogens is 488 g/mol. The van der Waals surface area contributed by atoms with E-state index in [9.17, 15) is 9.59 Å². The predicted molar refractivity (Wildman–Crippen MR) is 154 cm³/mol. The number of anilines is 1. The predicted octanol–water partition coefficient (Wildman–Crippen LogP) is 6.16. The minimum absolute atomic E-state index is 0.00704. The Morgan fingerprint density at radius 1 is 0.872 bits per heavy atom. The molecule has 0 amide bonds. The molecule has 0 spiro atoms. The van der Waals surface area contributed by atoms with Crippen LogP contribution >= 0.6 is 0 Å². The molecule has 4 rings (SSSR count). The molecule has 0 saturated carbocycles. The minimum atomic E-state index is -0.579. The number of hydrogen-bond donors (Lipinski definition) is 0. The highest BCUT2D eigenvalue weighted by molar-refractivity contribution is 5.84. The number of likely N-dealkylation sites (N-methyl/N-ethyl adjacent to an activating group) is 1. The second kappa shape index (κ2) is 12.0. The summed E-state index contributed by atoms with van der Waals surface area (Å²) in [6.45, 7) is 10.6. The Bertz CT molecular complexity index is 1250. The van der Waals surface area contributed by atoms with Crippen molar-refractivity contribution in [1.29, 1.82) is 0 Å². The van der Waals surface area contributed by atoms with E-state index in [1.54, 1.807) is 0 Å². The summed E-state index contributed by atoms with van der Waals surface area (Å²) in [4.78, 5) is 30.8. The zero-order valence-electron chi connectivity index (χ0n) is 23.8. The summed E-state index contributed by atoms with van der Waals surface area (Å²) in [5, 5.41) is 0. The summed E-state index contributed by atoms with van der Waals surface area (Å²) in [6, 6.07) is 26.8. The van der Waals surface area contributed by atoms with Crippen molar-refractivity contribution in [2.45, 2.75) is 71.5 Å². The lowest BCUT2D eigenvalue weighted by Gasteiger charge is -2.32. The molecule has 4 atom stereocenters. The average Bonchev–Trinajstić information content (AvgIpc) is 3.61. The second-order valence-corrected chi connectivity index (χ2v) is 11.5. The quantitative estimate of drug-likeness (QED) is 0.232. The fourth-order valence-electron chi connectivity index (χ4n) is 5.14. The molecular formula is C33H40N2O4. The monoisotopic (exact) mass is 528 g/mol. The number of hydrogen-bond acceptors (Lipinski definition) is 6. The second-order valence-electron chi connectivity index (χ2n) is 11.5. The highest BCUT2D eigenvalue weighted by Gasteiger charge is 2.55. The Morgan fingerprint density at radius 3 is 2.03 bits per heavy atom. The van der Waals surface area contributed by atoms with Gasteiger partial charge in [0.05, 0.1) is 6.04 Å². The van der Waals surface area contributed by atoms with Crippen LogP contribution in [-0.2, 0) is 32.2 Å². The van der Waals surface area contributed by atoms with E-state index in [0.717, 1.165) is 22.4 Å². The van der Waals surface area contributed by atoms with Gasteiger partial charge in [0.2, 0.25) is 0 Å². The summed E-state index contributed by atoms with van der Waals surface area (Å²) < 4.78 is 11.6. The third-order valence-electron chi connectivity index (χ3n) is 6.93. The Labute approximate surface area is 232 Å². The Balaban J connectivity index is 1.60. The van der Waals surface area contributed by atoms with Crippen molar-refractivity contribution in [2.75, 3.05) is 11.9 Å². The van der Waals surface area contributed by atoms with E-state index in [1.165, 1.54) is 0 Å². The van der Waals surface area contributed by atoms with Crippen LogP contribution in [0.1, 0.15) is 57.4 Å². The van der Waals surface area contributed by atoms with E-state index < -0.39 is 17.7 Å². The van der Waals surface area contributed by atoms with Gasteiger partial charge in [-0.05, 0) is 49.4 Å². The van der Waals surface area contributed by atoms with Crippen molar-refractivity contribution in [2.24, 2.45) is 5.92 Å². The lowest BCUT2D eigenvalue weighted by Crippen LogP contribution is -2.44. The number of nitrogens with zero attached hydrogens (tertiary/aromatic N) is 2. The Morgan fingerprint density at radius 2 is 1.44 bits per heavy atom. The van der Waals surface area contributed by atoms with Gasteiger partial charge >= 0.3 is 11.9 Å². The SMILES string of the molecule is CC(C)[C@@H](C(=O)OCc1ccccc1)N(C)c1ccccc1[C@H]1[C@@H](C(=O)OC(C)(C)C)N1Cc1ccccc1. The molecule has 3 aromatic carbocycles. The van der Waals surface area contributed by atoms with Crippen molar-refractivity contribution < 1.29 is 19.1 Å². The molecule has 1 heterocycles. The first kappa shape index (κ1) is 28.4. The largest absolute Gasteiger partial charge is 0.459 e. The maximum atomic E-state index is 13.4. The summed E-state index contributed by atoms with van der Waals surface area (Å²) in [6.07, 6.45) is 0. The van der Waals surface area contributed by atoms with E-state index in [-0.39, 0.29) is 30.5 Å². The first-order chi connectivity index (χ1) is 18.6. The van der Waals surface area contributed by atoms with Crippen molar-refractivity contribution in [3.8, 4) is 0 Å². The van der Waals surface area contributed by atoms with Gasteiger partial charge in [0.25, 0.3) is 0 Å². The number of benzene rings is 3. The first-order valence-corrected chi connectivity index (χ1v) is 13.6. The molecule has 6 heteroatoms. The van der Waals surface area contributed by atoms with Crippen LogP contribution in [0.25, 0.3) is 0 Å². The van der Waals surface area contributed by atoms with Crippen molar-refractivity contribution in [3.05, 3.63) is 102 Å². The van der Waals surface area contributed by atoms with Crippen LogP contribution in [0.5, 0.6) is 0 Å². The topological polar surface area (TPSA) is 58.9 Å².